The van der Waals surface area contributed by atoms with Crippen molar-refractivity contribution in [3.05, 3.63) is 29.8 Å². The van der Waals surface area contributed by atoms with Crippen molar-refractivity contribution in [3.63, 3.8) is 0 Å². The van der Waals surface area contributed by atoms with Crippen LogP contribution in [0.1, 0.15) is 32.4 Å². The standard InChI is InChI=1S/C17H28N2O2/c1-13(19-9-10-21-12-14(19)2)11-18-15(3)16-5-7-17(20-4)8-6-16/h5-8,13-15,18H,9-12H2,1-4H3/t13-,14+,15-/m0/s1. The quantitative estimate of drug-likeness (QED) is 0.873. The zero-order valence-electron chi connectivity index (χ0n) is 13.6. The van der Waals surface area contributed by atoms with Crippen LogP contribution in [-0.4, -0.2) is 50.4 Å². The highest BCUT2D eigenvalue weighted by Crippen LogP contribution is 2.18. The molecule has 1 aromatic carbocycles. The number of hydrogen-bond acceptors (Lipinski definition) is 4. The molecule has 3 atom stereocenters. The lowest BCUT2D eigenvalue weighted by molar-refractivity contribution is -0.0184. The third-order valence-corrected chi connectivity index (χ3v) is 4.32. The molecule has 0 aromatic heterocycles. The van der Waals surface area contributed by atoms with E-state index in [0.717, 1.165) is 32.1 Å². The monoisotopic (exact) mass is 292 g/mol. The number of benzene rings is 1. The fourth-order valence-electron chi connectivity index (χ4n) is 2.87. The van der Waals surface area contributed by atoms with Crippen LogP contribution >= 0.6 is 0 Å². The van der Waals surface area contributed by atoms with Crippen LogP contribution in [-0.2, 0) is 4.74 Å². The van der Waals surface area contributed by atoms with Crippen LogP contribution in [0.5, 0.6) is 5.75 Å². The Morgan fingerprint density at radius 1 is 1.33 bits per heavy atom. The predicted molar refractivity (Wildman–Crippen MR) is 85.9 cm³/mol. The van der Waals surface area contributed by atoms with E-state index in [-0.39, 0.29) is 0 Å². The Morgan fingerprint density at radius 2 is 2.05 bits per heavy atom. The summed E-state index contributed by atoms with van der Waals surface area (Å²) in [4.78, 5) is 2.53. The van der Waals surface area contributed by atoms with E-state index in [1.165, 1.54) is 5.56 Å². The zero-order chi connectivity index (χ0) is 15.2. The first-order chi connectivity index (χ1) is 10.1. The molecule has 0 aliphatic carbocycles. The Morgan fingerprint density at radius 3 is 2.67 bits per heavy atom. The number of nitrogens with zero attached hydrogens (tertiary/aromatic N) is 1. The molecule has 1 aromatic rings. The van der Waals surface area contributed by atoms with E-state index in [9.17, 15) is 0 Å². The molecule has 1 fully saturated rings. The van der Waals surface area contributed by atoms with Gasteiger partial charge in [-0.15, -0.1) is 0 Å². The molecule has 1 saturated heterocycles. The number of nitrogens with one attached hydrogen (secondary N) is 1. The third-order valence-electron chi connectivity index (χ3n) is 4.32. The number of rotatable bonds is 6. The van der Waals surface area contributed by atoms with E-state index in [2.05, 4.69) is 43.1 Å². The van der Waals surface area contributed by atoms with Crippen LogP contribution < -0.4 is 10.1 Å². The lowest BCUT2D eigenvalue weighted by Crippen LogP contribution is -2.51. The highest BCUT2D eigenvalue weighted by Gasteiger charge is 2.23. The maximum absolute atomic E-state index is 5.50. The summed E-state index contributed by atoms with van der Waals surface area (Å²) in [5, 5.41) is 3.63. The van der Waals surface area contributed by atoms with Crippen molar-refractivity contribution in [3.8, 4) is 5.75 Å². The maximum Gasteiger partial charge on any atom is 0.118 e. The molecule has 0 saturated carbocycles. The van der Waals surface area contributed by atoms with Gasteiger partial charge in [-0.1, -0.05) is 12.1 Å². The lowest BCUT2D eigenvalue weighted by Gasteiger charge is -2.38. The Hall–Kier alpha value is -1.10. The van der Waals surface area contributed by atoms with E-state index in [4.69, 9.17) is 9.47 Å². The summed E-state index contributed by atoms with van der Waals surface area (Å²) in [5.74, 6) is 0.904. The molecule has 0 bridgehead atoms. The second-order valence-corrected chi connectivity index (χ2v) is 5.91. The Balaban J connectivity index is 1.83. The summed E-state index contributed by atoms with van der Waals surface area (Å²) in [6, 6.07) is 9.64. The highest BCUT2D eigenvalue weighted by atomic mass is 16.5. The molecule has 118 valence electrons. The number of methoxy groups -OCH3 is 1. The molecule has 4 heteroatoms. The zero-order valence-corrected chi connectivity index (χ0v) is 13.6. The molecular formula is C17H28N2O2. The summed E-state index contributed by atoms with van der Waals surface area (Å²) < 4.78 is 10.7. The number of hydrogen-bond donors (Lipinski definition) is 1. The van der Waals surface area contributed by atoms with Gasteiger partial charge in [-0.2, -0.15) is 0 Å². The van der Waals surface area contributed by atoms with Gasteiger partial charge in [-0.25, -0.2) is 0 Å². The summed E-state index contributed by atoms with van der Waals surface area (Å²) in [6.45, 7) is 10.4. The van der Waals surface area contributed by atoms with Crippen LogP contribution in [0.3, 0.4) is 0 Å². The molecule has 0 unspecified atom stereocenters. The molecule has 1 aliphatic heterocycles. The van der Waals surface area contributed by atoms with Crippen LogP contribution in [0.4, 0.5) is 0 Å². The normalized spacial score (nSPS) is 22.8. The van der Waals surface area contributed by atoms with Gasteiger partial charge in [0, 0.05) is 31.2 Å². The van der Waals surface area contributed by atoms with Gasteiger partial charge in [0.2, 0.25) is 0 Å². The van der Waals surface area contributed by atoms with E-state index in [1.54, 1.807) is 7.11 Å². The van der Waals surface area contributed by atoms with Crippen molar-refractivity contribution in [2.24, 2.45) is 0 Å². The first-order valence-electron chi connectivity index (χ1n) is 7.82. The van der Waals surface area contributed by atoms with Gasteiger partial charge in [-0.3, -0.25) is 4.90 Å². The summed E-state index contributed by atoms with van der Waals surface area (Å²) in [5.41, 5.74) is 1.29. The largest absolute Gasteiger partial charge is 0.497 e. The SMILES string of the molecule is COc1ccc([C@H](C)NC[C@H](C)N2CCOC[C@H]2C)cc1. The molecular weight excluding hydrogens is 264 g/mol. The summed E-state index contributed by atoms with van der Waals surface area (Å²) in [6.07, 6.45) is 0. The molecule has 21 heavy (non-hydrogen) atoms. The van der Waals surface area contributed by atoms with Crippen molar-refractivity contribution in [1.29, 1.82) is 0 Å². The van der Waals surface area contributed by atoms with Crippen molar-refractivity contribution in [2.45, 2.75) is 38.9 Å². The molecule has 0 amide bonds. The van der Waals surface area contributed by atoms with Gasteiger partial charge in [0.15, 0.2) is 0 Å². The van der Waals surface area contributed by atoms with Crippen LogP contribution in [0.25, 0.3) is 0 Å². The van der Waals surface area contributed by atoms with Gasteiger partial charge in [0.25, 0.3) is 0 Å². The van der Waals surface area contributed by atoms with Gasteiger partial charge in [0.05, 0.1) is 20.3 Å². The minimum Gasteiger partial charge on any atom is -0.497 e. The minimum absolute atomic E-state index is 0.342. The average Bonchev–Trinajstić information content (AvgIpc) is 2.52. The van der Waals surface area contributed by atoms with Crippen molar-refractivity contribution in [1.82, 2.24) is 10.2 Å². The smallest absolute Gasteiger partial charge is 0.118 e. The lowest BCUT2D eigenvalue weighted by atomic mass is 10.1. The topological polar surface area (TPSA) is 33.7 Å². The molecule has 0 radical (unpaired) electrons. The third kappa shape index (κ3) is 4.43. The van der Waals surface area contributed by atoms with Gasteiger partial charge >= 0.3 is 0 Å². The number of ether oxygens (including phenoxy) is 2. The molecule has 1 N–H and O–H groups in total. The van der Waals surface area contributed by atoms with Crippen molar-refractivity contribution >= 4 is 0 Å². The molecule has 0 spiro atoms. The van der Waals surface area contributed by atoms with Crippen molar-refractivity contribution < 1.29 is 9.47 Å². The second kappa shape index (κ2) is 7.78. The molecule has 2 rings (SSSR count). The van der Waals surface area contributed by atoms with Crippen LogP contribution in [0.2, 0.25) is 0 Å². The Labute approximate surface area is 128 Å². The summed E-state index contributed by atoms with van der Waals surface area (Å²) in [7, 11) is 1.70. The Bertz CT molecular complexity index is 421. The fourth-order valence-corrected chi connectivity index (χ4v) is 2.87. The second-order valence-electron chi connectivity index (χ2n) is 5.91. The molecule has 1 aliphatic rings. The van der Waals surface area contributed by atoms with Gasteiger partial charge in [-0.05, 0) is 38.5 Å². The number of morpholine rings is 1. The van der Waals surface area contributed by atoms with E-state index in [1.807, 2.05) is 12.1 Å². The van der Waals surface area contributed by atoms with E-state index >= 15 is 0 Å². The minimum atomic E-state index is 0.342. The first kappa shape index (κ1) is 16.3. The Kier molecular flexibility index (Phi) is 6.03. The average molecular weight is 292 g/mol. The van der Waals surface area contributed by atoms with Gasteiger partial charge in [0.1, 0.15) is 5.75 Å². The van der Waals surface area contributed by atoms with Crippen LogP contribution in [0.15, 0.2) is 24.3 Å². The molecule has 4 nitrogen and oxygen atoms in total. The first-order valence-corrected chi connectivity index (χ1v) is 7.82. The van der Waals surface area contributed by atoms with E-state index in [0.29, 0.717) is 18.1 Å². The van der Waals surface area contributed by atoms with Crippen LogP contribution in [0, 0.1) is 0 Å². The highest BCUT2D eigenvalue weighted by molar-refractivity contribution is 5.28. The van der Waals surface area contributed by atoms with E-state index < -0.39 is 0 Å². The predicted octanol–water partition coefficient (Wildman–Crippen LogP) is 2.46. The molecule has 1 heterocycles. The van der Waals surface area contributed by atoms with Gasteiger partial charge < -0.3 is 14.8 Å². The summed E-state index contributed by atoms with van der Waals surface area (Å²) >= 11 is 0. The maximum atomic E-state index is 5.50. The fraction of sp³-hybridized carbons (Fsp3) is 0.647. The van der Waals surface area contributed by atoms with Crippen molar-refractivity contribution in [2.75, 3.05) is 33.4 Å².